The van der Waals surface area contributed by atoms with Gasteiger partial charge in [-0.25, -0.2) is 0 Å². The molecule has 1 N–H and O–H groups in total. The van der Waals surface area contributed by atoms with Crippen molar-refractivity contribution in [1.29, 1.82) is 0 Å². The largest absolute Gasteiger partial charge is 0.379 e. The molecule has 0 saturated carbocycles. The number of morpholine rings is 1. The number of hydrogen-bond acceptors (Lipinski definition) is 4. The van der Waals surface area contributed by atoms with Crippen molar-refractivity contribution in [3.05, 3.63) is 64.2 Å². The molecule has 0 spiro atoms. The highest BCUT2D eigenvalue weighted by atomic mass is 35.5. The Balaban J connectivity index is 1.55. The lowest BCUT2D eigenvalue weighted by Gasteiger charge is -2.36. The summed E-state index contributed by atoms with van der Waals surface area (Å²) in [6.45, 7) is 4.82. The number of amides is 1. The SMILES string of the molecule is CN1CCCc2cc(C(CNC(=O)c3ccccc3Cl)N3CCOCC3)ccc21. The van der Waals surface area contributed by atoms with Crippen LogP contribution in [-0.2, 0) is 11.2 Å². The van der Waals surface area contributed by atoms with Gasteiger partial charge >= 0.3 is 0 Å². The molecule has 0 aromatic heterocycles. The summed E-state index contributed by atoms with van der Waals surface area (Å²) in [5.74, 6) is -0.133. The fourth-order valence-corrected chi connectivity index (χ4v) is 4.51. The molecule has 1 atom stereocenters. The second kappa shape index (κ2) is 9.16. The molecule has 2 aliphatic heterocycles. The third kappa shape index (κ3) is 4.58. The Morgan fingerprint density at radius 1 is 1.17 bits per heavy atom. The number of nitrogens with zero attached hydrogens (tertiary/aromatic N) is 2. The van der Waals surface area contributed by atoms with Crippen molar-refractivity contribution < 1.29 is 9.53 Å². The number of carbonyl (C=O) groups excluding carboxylic acids is 1. The molecule has 154 valence electrons. The van der Waals surface area contributed by atoms with Crippen LogP contribution in [0.1, 0.15) is 33.9 Å². The van der Waals surface area contributed by atoms with Crippen LogP contribution in [0.2, 0.25) is 5.02 Å². The van der Waals surface area contributed by atoms with Crippen molar-refractivity contribution in [2.75, 3.05) is 51.3 Å². The van der Waals surface area contributed by atoms with Gasteiger partial charge in [0.05, 0.1) is 29.8 Å². The second-order valence-electron chi connectivity index (χ2n) is 7.77. The third-order valence-electron chi connectivity index (χ3n) is 5.90. The highest BCUT2D eigenvalue weighted by Crippen LogP contribution is 2.31. The molecule has 0 aliphatic carbocycles. The molecule has 5 nitrogen and oxygen atoms in total. The Morgan fingerprint density at radius 2 is 1.97 bits per heavy atom. The number of benzene rings is 2. The second-order valence-corrected chi connectivity index (χ2v) is 8.17. The monoisotopic (exact) mass is 413 g/mol. The minimum atomic E-state index is -0.133. The summed E-state index contributed by atoms with van der Waals surface area (Å²) in [5.41, 5.74) is 4.48. The van der Waals surface area contributed by atoms with Crippen LogP contribution in [0.15, 0.2) is 42.5 Å². The van der Waals surface area contributed by atoms with Crippen molar-refractivity contribution in [3.8, 4) is 0 Å². The summed E-state index contributed by atoms with van der Waals surface area (Å²) >= 11 is 6.20. The Labute approximate surface area is 177 Å². The van der Waals surface area contributed by atoms with E-state index in [-0.39, 0.29) is 11.9 Å². The molecule has 1 saturated heterocycles. The molecule has 1 unspecified atom stereocenters. The van der Waals surface area contributed by atoms with Gasteiger partial charge in [-0.3, -0.25) is 9.69 Å². The first-order chi connectivity index (χ1) is 14.1. The molecule has 29 heavy (non-hydrogen) atoms. The number of anilines is 1. The van der Waals surface area contributed by atoms with Gasteiger partial charge in [-0.05, 0) is 42.2 Å². The fourth-order valence-electron chi connectivity index (χ4n) is 4.29. The summed E-state index contributed by atoms with van der Waals surface area (Å²) in [6.07, 6.45) is 2.29. The Hall–Kier alpha value is -2.08. The zero-order valence-corrected chi connectivity index (χ0v) is 17.6. The normalized spacial score (nSPS) is 18.2. The minimum Gasteiger partial charge on any atom is -0.379 e. The smallest absolute Gasteiger partial charge is 0.252 e. The maximum atomic E-state index is 12.7. The molecule has 1 fully saturated rings. The van der Waals surface area contributed by atoms with Gasteiger partial charge in [-0.2, -0.15) is 0 Å². The number of fused-ring (bicyclic) bond motifs is 1. The number of aryl methyl sites for hydroxylation is 1. The Morgan fingerprint density at radius 3 is 2.76 bits per heavy atom. The van der Waals surface area contributed by atoms with Crippen molar-refractivity contribution in [2.45, 2.75) is 18.9 Å². The first-order valence-electron chi connectivity index (χ1n) is 10.3. The van der Waals surface area contributed by atoms with E-state index < -0.39 is 0 Å². The Bertz CT molecular complexity index is 867. The van der Waals surface area contributed by atoms with E-state index in [0.29, 0.717) is 17.1 Å². The van der Waals surface area contributed by atoms with E-state index in [2.05, 4.69) is 40.4 Å². The average Bonchev–Trinajstić information content (AvgIpc) is 2.75. The van der Waals surface area contributed by atoms with E-state index in [1.54, 1.807) is 12.1 Å². The molecule has 2 heterocycles. The van der Waals surface area contributed by atoms with Crippen molar-refractivity contribution in [2.24, 2.45) is 0 Å². The van der Waals surface area contributed by atoms with Crippen LogP contribution < -0.4 is 10.2 Å². The topological polar surface area (TPSA) is 44.8 Å². The molecule has 2 aromatic carbocycles. The zero-order chi connectivity index (χ0) is 20.2. The fraction of sp³-hybridized carbons (Fsp3) is 0.435. The molecular weight excluding hydrogens is 386 g/mol. The average molecular weight is 414 g/mol. The van der Waals surface area contributed by atoms with Crippen LogP contribution in [0, 0.1) is 0 Å². The van der Waals surface area contributed by atoms with Crippen molar-refractivity contribution >= 4 is 23.2 Å². The van der Waals surface area contributed by atoms with Crippen LogP contribution in [0.4, 0.5) is 5.69 Å². The molecule has 6 heteroatoms. The van der Waals surface area contributed by atoms with E-state index in [1.165, 1.54) is 23.2 Å². The van der Waals surface area contributed by atoms with Gasteiger partial charge in [0, 0.05) is 38.9 Å². The van der Waals surface area contributed by atoms with Crippen LogP contribution >= 0.6 is 11.6 Å². The molecule has 2 aliphatic rings. The van der Waals surface area contributed by atoms with Gasteiger partial charge in [0.15, 0.2) is 0 Å². The predicted octanol–water partition coefficient (Wildman–Crippen LogP) is 3.53. The lowest BCUT2D eigenvalue weighted by molar-refractivity contribution is 0.0162. The number of carbonyl (C=O) groups is 1. The predicted molar refractivity (Wildman–Crippen MR) is 117 cm³/mol. The lowest BCUT2D eigenvalue weighted by Crippen LogP contribution is -2.44. The molecule has 2 aromatic rings. The summed E-state index contributed by atoms with van der Waals surface area (Å²) in [4.78, 5) is 17.4. The molecule has 0 radical (unpaired) electrons. The lowest BCUT2D eigenvalue weighted by atomic mass is 9.95. The van der Waals surface area contributed by atoms with Crippen LogP contribution in [0.5, 0.6) is 0 Å². The van der Waals surface area contributed by atoms with Crippen molar-refractivity contribution in [3.63, 3.8) is 0 Å². The number of hydrogen-bond donors (Lipinski definition) is 1. The molecule has 1 amide bonds. The highest BCUT2D eigenvalue weighted by Gasteiger charge is 2.25. The van der Waals surface area contributed by atoms with Gasteiger partial charge in [0.25, 0.3) is 5.91 Å². The van der Waals surface area contributed by atoms with E-state index in [0.717, 1.165) is 39.3 Å². The maximum Gasteiger partial charge on any atom is 0.252 e. The van der Waals surface area contributed by atoms with Gasteiger partial charge in [-0.15, -0.1) is 0 Å². The summed E-state index contributed by atoms with van der Waals surface area (Å²) in [6, 6.07) is 14.1. The number of ether oxygens (including phenoxy) is 1. The van der Waals surface area contributed by atoms with Gasteiger partial charge < -0.3 is 15.0 Å². The first kappa shape index (κ1) is 20.2. The minimum absolute atomic E-state index is 0.114. The molecular formula is C23H28ClN3O2. The summed E-state index contributed by atoms with van der Waals surface area (Å²) in [7, 11) is 2.15. The van der Waals surface area contributed by atoms with E-state index >= 15 is 0 Å². The van der Waals surface area contributed by atoms with Gasteiger partial charge in [0.1, 0.15) is 0 Å². The Kier molecular flexibility index (Phi) is 6.38. The van der Waals surface area contributed by atoms with E-state index in [9.17, 15) is 4.79 Å². The first-order valence-corrected chi connectivity index (χ1v) is 10.7. The van der Waals surface area contributed by atoms with Crippen LogP contribution in [0.3, 0.4) is 0 Å². The molecule has 4 rings (SSSR count). The number of rotatable bonds is 5. The third-order valence-corrected chi connectivity index (χ3v) is 6.23. The van der Waals surface area contributed by atoms with Crippen LogP contribution in [-0.4, -0.2) is 57.2 Å². The van der Waals surface area contributed by atoms with Gasteiger partial charge in [0.2, 0.25) is 0 Å². The van der Waals surface area contributed by atoms with E-state index in [1.807, 2.05) is 12.1 Å². The van der Waals surface area contributed by atoms with Gasteiger partial charge in [-0.1, -0.05) is 35.9 Å². The number of nitrogens with one attached hydrogen (secondary N) is 1. The van der Waals surface area contributed by atoms with Crippen LogP contribution in [0.25, 0.3) is 0 Å². The molecule has 0 bridgehead atoms. The highest BCUT2D eigenvalue weighted by molar-refractivity contribution is 6.33. The van der Waals surface area contributed by atoms with E-state index in [4.69, 9.17) is 16.3 Å². The summed E-state index contributed by atoms with van der Waals surface area (Å²) in [5, 5.41) is 3.58. The standard InChI is InChI=1S/C23H28ClN3O2/c1-26-10-4-5-17-15-18(8-9-21(17)26)22(27-11-13-29-14-12-27)16-25-23(28)19-6-2-3-7-20(19)24/h2-3,6-9,15,22H,4-5,10-14,16H2,1H3,(H,25,28). The van der Waals surface area contributed by atoms with Crippen molar-refractivity contribution in [1.82, 2.24) is 10.2 Å². The summed E-state index contributed by atoms with van der Waals surface area (Å²) < 4.78 is 5.55. The maximum absolute atomic E-state index is 12.7. The number of halogens is 1. The quantitative estimate of drug-likeness (QED) is 0.814. The zero-order valence-electron chi connectivity index (χ0n) is 16.9.